The third-order valence-corrected chi connectivity index (χ3v) is 0.917. The van der Waals surface area contributed by atoms with Crippen molar-refractivity contribution in [2.45, 2.75) is 32.8 Å². The van der Waals surface area contributed by atoms with E-state index >= 15 is 0 Å². The lowest BCUT2D eigenvalue weighted by Crippen LogP contribution is -2.07. The molecule has 0 aliphatic rings. The molecular weight excluding hydrogens is 104 g/mol. The molecule has 0 heterocycles. The lowest BCUT2D eigenvalue weighted by atomic mass is 10.2. The first kappa shape index (κ1) is 7.63. The molecule has 0 aromatic rings. The van der Waals surface area contributed by atoms with Crippen LogP contribution in [0.4, 0.5) is 0 Å². The Morgan fingerprint density at radius 1 is 1.75 bits per heavy atom. The Labute approximate surface area is 49.5 Å². The molecule has 0 unspecified atom stereocenters. The molecule has 0 fully saturated rings. The van der Waals surface area contributed by atoms with Gasteiger partial charge >= 0.3 is 0 Å². The Bertz CT molecular complexity index is 76.6. The lowest BCUT2D eigenvalue weighted by molar-refractivity contribution is -0.120. The van der Waals surface area contributed by atoms with Crippen LogP contribution < -0.4 is 0 Å². The first-order valence-electron chi connectivity index (χ1n) is 2.86. The molecule has 0 aliphatic carbocycles. The second kappa shape index (κ2) is 3.61. The summed E-state index contributed by atoms with van der Waals surface area (Å²) in [6, 6.07) is 0. The van der Waals surface area contributed by atoms with Crippen molar-refractivity contribution in [3.63, 3.8) is 0 Å². The van der Waals surface area contributed by atoms with E-state index in [2.05, 4.69) is 0 Å². The minimum atomic E-state index is -0.470. The maximum atomic E-state index is 10.5. The van der Waals surface area contributed by atoms with Crippen LogP contribution >= 0.6 is 0 Å². The molecule has 0 saturated heterocycles. The number of hydrogen-bond donors (Lipinski definition) is 1. The molecular formula is C6H12O2. The number of hydrogen-bond acceptors (Lipinski definition) is 2. The molecule has 0 aromatic carbocycles. The van der Waals surface area contributed by atoms with Crippen molar-refractivity contribution in [1.82, 2.24) is 0 Å². The number of carbonyl (C=O) groups is 1. The predicted molar refractivity (Wildman–Crippen MR) is 31.6 cm³/mol. The zero-order chi connectivity index (χ0) is 6.57. The first-order chi connectivity index (χ1) is 3.66. The molecule has 0 aliphatic heterocycles. The number of aliphatic hydroxyl groups is 1. The Balaban J connectivity index is 3.25. The van der Waals surface area contributed by atoms with Crippen molar-refractivity contribution < 1.29 is 9.90 Å². The molecule has 1 atom stereocenters. The molecule has 0 bridgehead atoms. The van der Waals surface area contributed by atoms with Gasteiger partial charge in [0.1, 0.15) is 5.78 Å². The smallest absolute Gasteiger partial charge is 0.135 e. The van der Waals surface area contributed by atoms with Gasteiger partial charge in [0.2, 0.25) is 0 Å². The lowest BCUT2D eigenvalue weighted by Gasteiger charge is -1.98. The van der Waals surface area contributed by atoms with Crippen LogP contribution in [0.15, 0.2) is 0 Å². The van der Waals surface area contributed by atoms with Crippen LogP contribution in [0.2, 0.25) is 0 Å². The first-order valence-corrected chi connectivity index (χ1v) is 2.86. The summed E-state index contributed by atoms with van der Waals surface area (Å²) in [6.07, 6.45) is 0.365. The summed E-state index contributed by atoms with van der Waals surface area (Å²) in [4.78, 5) is 10.5. The van der Waals surface area contributed by atoms with Crippen LogP contribution in [0, 0.1) is 0 Å². The fourth-order valence-electron chi connectivity index (χ4n) is 0.474. The monoisotopic (exact) mass is 116 g/mol. The normalized spacial score (nSPS) is 13.4. The minimum Gasteiger partial charge on any atom is -0.393 e. The van der Waals surface area contributed by atoms with Gasteiger partial charge in [-0.1, -0.05) is 6.92 Å². The summed E-state index contributed by atoms with van der Waals surface area (Å²) in [5, 5.41) is 8.63. The Kier molecular flexibility index (Phi) is 3.44. The van der Waals surface area contributed by atoms with Crippen molar-refractivity contribution in [3.05, 3.63) is 0 Å². The zero-order valence-corrected chi connectivity index (χ0v) is 5.35. The molecule has 2 nitrogen and oxygen atoms in total. The van der Waals surface area contributed by atoms with E-state index in [-0.39, 0.29) is 5.78 Å². The van der Waals surface area contributed by atoms with Gasteiger partial charge in [0.05, 0.1) is 6.10 Å². The van der Waals surface area contributed by atoms with Gasteiger partial charge in [-0.15, -0.1) is 0 Å². The van der Waals surface area contributed by atoms with Gasteiger partial charge in [-0.05, 0) is 6.92 Å². The van der Waals surface area contributed by atoms with Crippen molar-refractivity contribution in [2.24, 2.45) is 0 Å². The van der Waals surface area contributed by atoms with Gasteiger partial charge in [-0.2, -0.15) is 0 Å². The molecule has 0 amide bonds. The van der Waals surface area contributed by atoms with Gasteiger partial charge in [-0.25, -0.2) is 0 Å². The van der Waals surface area contributed by atoms with E-state index in [1.165, 1.54) is 0 Å². The Hall–Kier alpha value is -0.370. The average molecular weight is 116 g/mol. The van der Waals surface area contributed by atoms with Crippen molar-refractivity contribution in [2.75, 3.05) is 0 Å². The predicted octanol–water partition coefficient (Wildman–Crippen LogP) is 0.736. The van der Waals surface area contributed by atoms with E-state index in [0.717, 1.165) is 0 Å². The summed E-state index contributed by atoms with van der Waals surface area (Å²) < 4.78 is 0. The molecule has 8 heavy (non-hydrogen) atoms. The van der Waals surface area contributed by atoms with Gasteiger partial charge in [0.25, 0.3) is 0 Å². The quantitative estimate of drug-likeness (QED) is 0.590. The van der Waals surface area contributed by atoms with E-state index in [1.54, 1.807) is 13.8 Å². The highest BCUT2D eigenvalue weighted by Gasteiger charge is 2.01. The van der Waals surface area contributed by atoms with Crippen LogP contribution in [0.25, 0.3) is 0 Å². The Morgan fingerprint density at radius 2 is 2.25 bits per heavy atom. The number of carbonyl (C=O) groups excluding carboxylic acids is 1. The van der Waals surface area contributed by atoms with Gasteiger partial charge in [0, 0.05) is 12.8 Å². The molecule has 48 valence electrons. The topological polar surface area (TPSA) is 37.3 Å². The molecule has 2 heteroatoms. The molecule has 0 saturated carbocycles. The summed E-state index contributed by atoms with van der Waals surface area (Å²) in [6.45, 7) is 3.41. The molecule has 0 radical (unpaired) electrons. The van der Waals surface area contributed by atoms with Crippen molar-refractivity contribution in [3.8, 4) is 0 Å². The van der Waals surface area contributed by atoms with E-state index in [1.807, 2.05) is 0 Å². The summed E-state index contributed by atoms with van der Waals surface area (Å²) in [5.74, 6) is 0.125. The van der Waals surface area contributed by atoms with Gasteiger partial charge in [0.15, 0.2) is 0 Å². The maximum absolute atomic E-state index is 10.5. The van der Waals surface area contributed by atoms with Crippen LogP contribution in [-0.4, -0.2) is 17.0 Å². The highest BCUT2D eigenvalue weighted by Crippen LogP contribution is 1.93. The summed E-state index contributed by atoms with van der Waals surface area (Å²) in [7, 11) is 0. The van der Waals surface area contributed by atoms with Gasteiger partial charge < -0.3 is 5.11 Å². The highest BCUT2D eigenvalue weighted by molar-refractivity contribution is 5.78. The number of ketones is 1. The molecule has 0 spiro atoms. The van der Waals surface area contributed by atoms with Crippen LogP contribution in [0.5, 0.6) is 0 Å². The zero-order valence-electron chi connectivity index (χ0n) is 5.35. The summed E-state index contributed by atoms with van der Waals surface area (Å²) in [5.41, 5.74) is 0. The van der Waals surface area contributed by atoms with Crippen molar-refractivity contribution in [1.29, 1.82) is 0 Å². The second-order valence-electron chi connectivity index (χ2n) is 1.95. The van der Waals surface area contributed by atoms with Crippen LogP contribution in [0.1, 0.15) is 26.7 Å². The van der Waals surface area contributed by atoms with E-state index in [0.29, 0.717) is 12.8 Å². The van der Waals surface area contributed by atoms with Crippen LogP contribution in [-0.2, 0) is 4.79 Å². The largest absolute Gasteiger partial charge is 0.393 e. The molecule has 0 aromatic heterocycles. The minimum absolute atomic E-state index is 0.125. The fraction of sp³-hybridized carbons (Fsp3) is 0.833. The molecule has 1 N–H and O–H groups in total. The molecule has 0 rings (SSSR count). The number of rotatable bonds is 3. The Morgan fingerprint density at radius 3 is 2.38 bits per heavy atom. The maximum Gasteiger partial charge on any atom is 0.135 e. The fourth-order valence-corrected chi connectivity index (χ4v) is 0.474. The van der Waals surface area contributed by atoms with E-state index in [9.17, 15) is 4.79 Å². The average Bonchev–Trinajstić information content (AvgIpc) is 1.65. The van der Waals surface area contributed by atoms with E-state index in [4.69, 9.17) is 5.11 Å². The number of aliphatic hydroxyl groups excluding tert-OH is 1. The summed E-state index contributed by atoms with van der Waals surface area (Å²) >= 11 is 0. The van der Waals surface area contributed by atoms with E-state index < -0.39 is 6.10 Å². The third-order valence-electron chi connectivity index (χ3n) is 0.917. The third kappa shape index (κ3) is 3.81. The second-order valence-corrected chi connectivity index (χ2v) is 1.95. The van der Waals surface area contributed by atoms with Gasteiger partial charge in [-0.3, -0.25) is 4.79 Å². The number of Topliss-reactive ketones (excluding diaryl/α,β-unsaturated/α-hetero) is 1. The highest BCUT2D eigenvalue weighted by atomic mass is 16.3. The SMILES string of the molecule is CCC(=O)C[C@H](C)O. The van der Waals surface area contributed by atoms with Crippen molar-refractivity contribution >= 4 is 5.78 Å². The van der Waals surface area contributed by atoms with Crippen LogP contribution in [0.3, 0.4) is 0 Å². The standard InChI is InChI=1S/C6H12O2/c1-3-6(8)4-5(2)7/h5,7H,3-4H2,1-2H3/t5-/m0/s1.